The van der Waals surface area contributed by atoms with Crippen LogP contribution in [0.4, 0.5) is 0 Å². The predicted molar refractivity (Wildman–Crippen MR) is 135 cm³/mol. The molecule has 6 heteroatoms. The van der Waals surface area contributed by atoms with Crippen LogP contribution in [0.2, 0.25) is 0 Å². The minimum atomic E-state index is -0.119. The third-order valence-electron chi connectivity index (χ3n) is 5.16. The molecule has 0 bridgehead atoms. The fourth-order valence-electron chi connectivity index (χ4n) is 3.47. The molecule has 1 heterocycles. The number of hydrogen-bond donors (Lipinski definition) is 0. The largest absolute Gasteiger partial charge is 0.332 e. The minimum Gasteiger partial charge on any atom is -0.332 e. The van der Waals surface area contributed by atoms with E-state index in [1.165, 1.54) is 10.4 Å². The Labute approximate surface area is 203 Å². The van der Waals surface area contributed by atoms with Crippen molar-refractivity contribution < 1.29 is 9.59 Å². The van der Waals surface area contributed by atoms with Crippen LogP contribution in [0.1, 0.15) is 40.2 Å². The third-order valence-corrected chi connectivity index (χ3v) is 6.70. The molecule has 3 rings (SSSR count). The molecule has 1 aromatic heterocycles. The Balaban J connectivity index is 1.82. The number of benzene rings is 2. The lowest BCUT2D eigenvalue weighted by Gasteiger charge is -2.29. The second-order valence-electron chi connectivity index (χ2n) is 8.35. The highest BCUT2D eigenvalue weighted by Gasteiger charge is 2.24. The molecule has 0 atom stereocenters. The molecule has 2 amide bonds. The van der Waals surface area contributed by atoms with Gasteiger partial charge in [0.25, 0.3) is 5.91 Å². The van der Waals surface area contributed by atoms with Crippen molar-refractivity contribution in [2.24, 2.45) is 5.92 Å². The number of carbonyl (C=O) groups excluding carboxylic acids is 2. The maximum atomic E-state index is 13.5. The van der Waals surface area contributed by atoms with E-state index in [-0.39, 0.29) is 24.3 Å². The SMILES string of the molecule is Cc1ccsc1CN(Cc1ccccc1)C(=O)CN(CC(C)C)C(=O)c1ccc(Br)cc1. The maximum Gasteiger partial charge on any atom is 0.254 e. The molecule has 0 aliphatic rings. The van der Waals surface area contributed by atoms with Gasteiger partial charge >= 0.3 is 0 Å². The van der Waals surface area contributed by atoms with Gasteiger partial charge in [0.05, 0.1) is 6.54 Å². The van der Waals surface area contributed by atoms with Crippen molar-refractivity contribution in [2.45, 2.75) is 33.9 Å². The van der Waals surface area contributed by atoms with Gasteiger partial charge in [-0.15, -0.1) is 11.3 Å². The first-order valence-corrected chi connectivity index (χ1v) is 12.4. The van der Waals surface area contributed by atoms with Crippen LogP contribution < -0.4 is 0 Å². The number of carbonyl (C=O) groups is 2. The van der Waals surface area contributed by atoms with E-state index in [2.05, 4.69) is 48.1 Å². The number of rotatable bonds is 9. The van der Waals surface area contributed by atoms with Gasteiger partial charge in [-0.1, -0.05) is 60.1 Å². The average Bonchev–Trinajstić information content (AvgIpc) is 3.17. The molecule has 0 aliphatic heterocycles. The Bertz CT molecular complexity index is 1030. The van der Waals surface area contributed by atoms with Crippen molar-refractivity contribution in [2.75, 3.05) is 13.1 Å². The molecule has 0 radical (unpaired) electrons. The van der Waals surface area contributed by atoms with Crippen molar-refractivity contribution in [3.8, 4) is 0 Å². The van der Waals surface area contributed by atoms with Crippen LogP contribution in [-0.4, -0.2) is 34.7 Å². The second kappa shape index (κ2) is 11.4. The van der Waals surface area contributed by atoms with Crippen molar-refractivity contribution in [3.63, 3.8) is 0 Å². The fourth-order valence-corrected chi connectivity index (χ4v) is 4.66. The molecule has 0 saturated heterocycles. The van der Waals surface area contributed by atoms with E-state index in [0.717, 1.165) is 10.0 Å². The standard InChI is InChI=1S/C26H29BrN2O2S/c1-19(2)15-29(26(31)22-9-11-23(27)12-10-22)18-25(30)28(16-21-7-5-4-6-8-21)17-24-20(3)13-14-32-24/h4-14,19H,15-18H2,1-3H3. The summed E-state index contributed by atoms with van der Waals surface area (Å²) >= 11 is 5.07. The van der Waals surface area contributed by atoms with Crippen LogP contribution in [-0.2, 0) is 17.9 Å². The molecular formula is C26H29BrN2O2S. The van der Waals surface area contributed by atoms with Gasteiger partial charge in [-0.3, -0.25) is 9.59 Å². The van der Waals surface area contributed by atoms with Crippen LogP contribution in [0.25, 0.3) is 0 Å². The first-order valence-electron chi connectivity index (χ1n) is 10.7. The number of thiophene rings is 1. The van der Waals surface area contributed by atoms with Gasteiger partial charge in [0.15, 0.2) is 0 Å². The molecule has 4 nitrogen and oxygen atoms in total. The van der Waals surface area contributed by atoms with E-state index in [4.69, 9.17) is 0 Å². The van der Waals surface area contributed by atoms with Crippen molar-refractivity contribution >= 4 is 39.1 Å². The Morgan fingerprint density at radius 3 is 2.22 bits per heavy atom. The summed E-state index contributed by atoms with van der Waals surface area (Å²) in [6.45, 7) is 7.83. The summed E-state index contributed by atoms with van der Waals surface area (Å²) in [5.41, 5.74) is 2.85. The summed E-state index contributed by atoms with van der Waals surface area (Å²) in [7, 11) is 0. The van der Waals surface area contributed by atoms with Gasteiger partial charge in [-0.05, 0) is 59.7 Å². The monoisotopic (exact) mass is 512 g/mol. The lowest BCUT2D eigenvalue weighted by Crippen LogP contribution is -2.43. The Hall–Kier alpha value is -2.44. The van der Waals surface area contributed by atoms with Crippen LogP contribution in [0, 0.1) is 12.8 Å². The molecule has 0 saturated carbocycles. The molecule has 0 N–H and O–H groups in total. The van der Waals surface area contributed by atoms with Crippen LogP contribution in [0.3, 0.4) is 0 Å². The quantitative estimate of drug-likeness (QED) is 0.345. The number of hydrogen-bond acceptors (Lipinski definition) is 3. The molecule has 168 valence electrons. The minimum absolute atomic E-state index is 0.0484. The van der Waals surface area contributed by atoms with Gasteiger partial charge in [0.2, 0.25) is 5.91 Å². The molecular weight excluding hydrogens is 484 g/mol. The smallest absolute Gasteiger partial charge is 0.254 e. The van der Waals surface area contributed by atoms with Gasteiger partial charge in [-0.2, -0.15) is 0 Å². The van der Waals surface area contributed by atoms with Crippen LogP contribution >= 0.6 is 27.3 Å². The first-order chi connectivity index (χ1) is 15.3. The zero-order valence-electron chi connectivity index (χ0n) is 18.8. The van der Waals surface area contributed by atoms with Crippen molar-refractivity contribution in [1.29, 1.82) is 0 Å². The first kappa shape index (κ1) is 24.2. The summed E-state index contributed by atoms with van der Waals surface area (Å²) in [6, 6.07) is 19.4. The van der Waals surface area contributed by atoms with Crippen LogP contribution in [0.5, 0.6) is 0 Å². The van der Waals surface area contributed by atoms with E-state index in [1.54, 1.807) is 28.4 Å². The number of nitrogens with zero attached hydrogens (tertiary/aromatic N) is 2. The number of aryl methyl sites for hydroxylation is 1. The number of halogens is 1. The molecule has 0 spiro atoms. The molecule has 0 unspecified atom stereocenters. The van der Waals surface area contributed by atoms with Gasteiger partial charge < -0.3 is 9.80 Å². The molecule has 0 fully saturated rings. The van der Waals surface area contributed by atoms with Crippen molar-refractivity contribution in [1.82, 2.24) is 9.80 Å². The van der Waals surface area contributed by atoms with Gasteiger partial charge in [-0.25, -0.2) is 0 Å². The highest BCUT2D eigenvalue weighted by molar-refractivity contribution is 9.10. The highest BCUT2D eigenvalue weighted by atomic mass is 79.9. The third kappa shape index (κ3) is 6.78. The lowest BCUT2D eigenvalue weighted by atomic mass is 10.1. The van der Waals surface area contributed by atoms with Gasteiger partial charge in [0.1, 0.15) is 6.54 Å². The maximum absolute atomic E-state index is 13.5. The van der Waals surface area contributed by atoms with E-state index in [9.17, 15) is 9.59 Å². The van der Waals surface area contributed by atoms with Crippen molar-refractivity contribution in [3.05, 3.63) is 92.1 Å². The predicted octanol–water partition coefficient (Wildman–Crippen LogP) is 6.15. The van der Waals surface area contributed by atoms with Gasteiger partial charge in [0, 0.05) is 28.0 Å². The van der Waals surface area contributed by atoms with E-state index in [0.29, 0.717) is 25.2 Å². The number of amides is 2. The van der Waals surface area contributed by atoms with Crippen LogP contribution in [0.15, 0.2) is 70.5 Å². The normalized spacial score (nSPS) is 10.9. The summed E-state index contributed by atoms with van der Waals surface area (Å²) < 4.78 is 0.917. The zero-order valence-corrected chi connectivity index (χ0v) is 21.2. The van der Waals surface area contributed by atoms with E-state index < -0.39 is 0 Å². The highest BCUT2D eigenvalue weighted by Crippen LogP contribution is 2.20. The topological polar surface area (TPSA) is 40.6 Å². The fraction of sp³-hybridized carbons (Fsp3) is 0.308. The summed E-state index contributed by atoms with van der Waals surface area (Å²) in [5.74, 6) is 0.0867. The molecule has 3 aromatic rings. The molecule has 32 heavy (non-hydrogen) atoms. The summed E-state index contributed by atoms with van der Waals surface area (Å²) in [4.78, 5) is 31.4. The molecule has 2 aromatic carbocycles. The second-order valence-corrected chi connectivity index (χ2v) is 10.3. The Morgan fingerprint density at radius 1 is 0.938 bits per heavy atom. The summed E-state index contributed by atoms with van der Waals surface area (Å²) in [5, 5.41) is 2.05. The lowest BCUT2D eigenvalue weighted by molar-refractivity contribution is -0.133. The van der Waals surface area contributed by atoms with E-state index in [1.807, 2.05) is 47.4 Å². The Kier molecular flexibility index (Phi) is 8.65. The Morgan fingerprint density at radius 2 is 1.62 bits per heavy atom. The zero-order chi connectivity index (χ0) is 23.1. The summed E-state index contributed by atoms with van der Waals surface area (Å²) in [6.07, 6.45) is 0. The molecule has 0 aliphatic carbocycles. The van der Waals surface area contributed by atoms with E-state index >= 15 is 0 Å². The average molecular weight is 514 g/mol.